The van der Waals surface area contributed by atoms with Gasteiger partial charge in [0.15, 0.2) is 0 Å². The Hall–Kier alpha value is -1.68. The summed E-state index contributed by atoms with van der Waals surface area (Å²) < 4.78 is 0. The molecular formula is C15H20N2O2. The van der Waals surface area contributed by atoms with Crippen molar-refractivity contribution in [2.24, 2.45) is 0 Å². The van der Waals surface area contributed by atoms with Crippen molar-refractivity contribution in [3.8, 4) is 0 Å². The van der Waals surface area contributed by atoms with Crippen molar-refractivity contribution in [2.45, 2.75) is 39.8 Å². The molecule has 0 aromatic heterocycles. The molecule has 1 aromatic carbocycles. The number of piperazine rings is 1. The summed E-state index contributed by atoms with van der Waals surface area (Å²) in [7, 11) is 0. The van der Waals surface area contributed by atoms with Crippen molar-refractivity contribution in [3.05, 3.63) is 34.9 Å². The topological polar surface area (TPSA) is 49.4 Å². The monoisotopic (exact) mass is 260 g/mol. The highest BCUT2D eigenvalue weighted by Gasteiger charge is 2.33. The van der Waals surface area contributed by atoms with Crippen LogP contribution in [0.4, 0.5) is 0 Å². The minimum atomic E-state index is -0.234. The van der Waals surface area contributed by atoms with Crippen LogP contribution >= 0.6 is 0 Å². The van der Waals surface area contributed by atoms with Gasteiger partial charge in [-0.3, -0.25) is 19.8 Å². The molecule has 19 heavy (non-hydrogen) atoms. The first-order valence-electron chi connectivity index (χ1n) is 6.67. The molecule has 102 valence electrons. The fourth-order valence-corrected chi connectivity index (χ4v) is 2.45. The minimum Gasteiger partial charge on any atom is -0.297 e. The van der Waals surface area contributed by atoms with Gasteiger partial charge in [0.1, 0.15) is 0 Å². The number of aryl methyl sites for hydroxylation is 2. The molecule has 0 radical (unpaired) electrons. The summed E-state index contributed by atoms with van der Waals surface area (Å²) in [6, 6.07) is 5.78. The molecule has 1 unspecified atom stereocenters. The van der Waals surface area contributed by atoms with E-state index in [-0.39, 0.29) is 24.4 Å². The van der Waals surface area contributed by atoms with E-state index in [0.29, 0.717) is 13.0 Å². The molecule has 0 aliphatic carbocycles. The van der Waals surface area contributed by atoms with Gasteiger partial charge in [-0.05, 0) is 37.0 Å². The molecule has 1 atom stereocenters. The number of rotatable bonds is 3. The van der Waals surface area contributed by atoms with Gasteiger partial charge in [0, 0.05) is 0 Å². The number of nitrogens with zero attached hydrogens (tertiary/aromatic N) is 1. The predicted octanol–water partition coefficient (Wildman–Crippen LogP) is 1.54. The van der Waals surface area contributed by atoms with E-state index in [0.717, 1.165) is 16.7 Å². The lowest BCUT2D eigenvalue weighted by Crippen LogP contribution is -2.57. The maximum absolute atomic E-state index is 12.2. The second-order valence-electron chi connectivity index (χ2n) is 5.03. The molecule has 0 spiro atoms. The third-order valence-corrected chi connectivity index (χ3v) is 3.73. The Morgan fingerprint density at radius 3 is 2.47 bits per heavy atom. The fourth-order valence-electron chi connectivity index (χ4n) is 2.45. The van der Waals surface area contributed by atoms with Crippen LogP contribution in [-0.4, -0.2) is 29.3 Å². The number of nitrogens with one attached hydrogen (secondary N) is 1. The number of hydrogen-bond donors (Lipinski definition) is 1. The van der Waals surface area contributed by atoms with E-state index in [1.54, 1.807) is 0 Å². The zero-order valence-corrected chi connectivity index (χ0v) is 11.7. The minimum absolute atomic E-state index is 0.110. The summed E-state index contributed by atoms with van der Waals surface area (Å²) >= 11 is 0. The molecular weight excluding hydrogens is 240 g/mol. The molecule has 1 saturated heterocycles. The largest absolute Gasteiger partial charge is 0.297 e. The number of hydrogen-bond acceptors (Lipinski definition) is 3. The maximum Gasteiger partial charge on any atom is 0.246 e. The van der Waals surface area contributed by atoms with Crippen molar-refractivity contribution in [2.75, 3.05) is 6.54 Å². The van der Waals surface area contributed by atoms with E-state index in [2.05, 4.69) is 5.32 Å². The Morgan fingerprint density at radius 1 is 1.26 bits per heavy atom. The summed E-state index contributed by atoms with van der Waals surface area (Å²) in [4.78, 5) is 25.6. The number of carbonyl (C=O) groups is 2. The summed E-state index contributed by atoms with van der Waals surface area (Å²) in [5.74, 6) is -0.251. The molecule has 1 heterocycles. The van der Waals surface area contributed by atoms with Gasteiger partial charge < -0.3 is 0 Å². The third kappa shape index (κ3) is 2.68. The van der Waals surface area contributed by atoms with Crippen LogP contribution < -0.4 is 5.32 Å². The number of carbonyl (C=O) groups excluding carboxylic acids is 2. The predicted molar refractivity (Wildman–Crippen MR) is 73.6 cm³/mol. The standard InChI is InChI=1S/C15H20N2O2/c1-4-13-15(19)17(14(18)8-16-13)9-12-10(2)6-5-7-11(12)3/h5-7,13,16H,4,8-9H2,1-3H3. The maximum atomic E-state index is 12.2. The summed E-state index contributed by atoms with van der Waals surface area (Å²) in [5.41, 5.74) is 3.31. The van der Waals surface area contributed by atoms with Crippen LogP contribution in [0.1, 0.15) is 30.0 Å². The van der Waals surface area contributed by atoms with Crippen LogP contribution in [0.15, 0.2) is 18.2 Å². The van der Waals surface area contributed by atoms with Crippen molar-refractivity contribution < 1.29 is 9.59 Å². The van der Waals surface area contributed by atoms with E-state index >= 15 is 0 Å². The molecule has 2 amide bonds. The summed E-state index contributed by atoms with van der Waals surface area (Å²) in [5, 5.41) is 2.97. The first-order chi connectivity index (χ1) is 9.04. The Labute approximate surface area is 113 Å². The molecule has 1 aliphatic heterocycles. The highest BCUT2D eigenvalue weighted by Crippen LogP contribution is 2.18. The molecule has 1 aliphatic rings. The van der Waals surface area contributed by atoms with Crippen LogP contribution in [0.3, 0.4) is 0 Å². The number of benzene rings is 1. The molecule has 1 aromatic rings. The molecule has 0 saturated carbocycles. The van der Waals surface area contributed by atoms with E-state index in [1.165, 1.54) is 4.90 Å². The highest BCUT2D eigenvalue weighted by molar-refractivity contribution is 6.01. The zero-order chi connectivity index (χ0) is 14.0. The molecule has 4 nitrogen and oxygen atoms in total. The Balaban J connectivity index is 2.25. The Bertz CT molecular complexity index is 491. The van der Waals surface area contributed by atoms with Gasteiger partial charge in [0.25, 0.3) is 0 Å². The van der Waals surface area contributed by atoms with Crippen molar-refractivity contribution in [1.29, 1.82) is 0 Å². The molecule has 1 fully saturated rings. The van der Waals surface area contributed by atoms with Crippen LogP contribution in [0, 0.1) is 13.8 Å². The van der Waals surface area contributed by atoms with Crippen LogP contribution in [0.5, 0.6) is 0 Å². The lowest BCUT2D eigenvalue weighted by atomic mass is 10.0. The van der Waals surface area contributed by atoms with Crippen molar-refractivity contribution in [1.82, 2.24) is 10.2 Å². The number of imide groups is 1. The second kappa shape index (κ2) is 5.53. The summed E-state index contributed by atoms with van der Waals surface area (Å²) in [6.07, 6.45) is 0.704. The van der Waals surface area contributed by atoms with Crippen molar-refractivity contribution >= 4 is 11.8 Å². The number of amides is 2. The SMILES string of the molecule is CCC1NCC(=O)N(Cc2c(C)cccc2C)C1=O. The van der Waals surface area contributed by atoms with Crippen LogP contribution in [0.2, 0.25) is 0 Å². The Kier molecular flexibility index (Phi) is 4.00. The lowest BCUT2D eigenvalue weighted by molar-refractivity contribution is -0.150. The van der Waals surface area contributed by atoms with Gasteiger partial charge in [0.05, 0.1) is 19.1 Å². The summed E-state index contributed by atoms with van der Waals surface area (Å²) in [6.45, 7) is 6.60. The third-order valence-electron chi connectivity index (χ3n) is 3.73. The fraction of sp³-hybridized carbons (Fsp3) is 0.467. The van der Waals surface area contributed by atoms with Gasteiger partial charge in [0.2, 0.25) is 11.8 Å². The Morgan fingerprint density at radius 2 is 1.89 bits per heavy atom. The van der Waals surface area contributed by atoms with Gasteiger partial charge in [-0.1, -0.05) is 25.1 Å². The van der Waals surface area contributed by atoms with E-state index in [9.17, 15) is 9.59 Å². The lowest BCUT2D eigenvalue weighted by Gasteiger charge is -2.31. The van der Waals surface area contributed by atoms with Gasteiger partial charge in [-0.15, -0.1) is 0 Å². The molecule has 4 heteroatoms. The van der Waals surface area contributed by atoms with E-state index in [1.807, 2.05) is 39.0 Å². The first-order valence-corrected chi connectivity index (χ1v) is 6.67. The van der Waals surface area contributed by atoms with Crippen molar-refractivity contribution in [3.63, 3.8) is 0 Å². The van der Waals surface area contributed by atoms with E-state index in [4.69, 9.17) is 0 Å². The van der Waals surface area contributed by atoms with Gasteiger partial charge in [-0.2, -0.15) is 0 Å². The van der Waals surface area contributed by atoms with E-state index < -0.39 is 0 Å². The average molecular weight is 260 g/mol. The average Bonchev–Trinajstić information content (AvgIpc) is 2.37. The second-order valence-corrected chi connectivity index (χ2v) is 5.03. The van der Waals surface area contributed by atoms with Crippen LogP contribution in [-0.2, 0) is 16.1 Å². The smallest absolute Gasteiger partial charge is 0.246 e. The molecule has 2 rings (SSSR count). The quantitative estimate of drug-likeness (QED) is 0.839. The zero-order valence-electron chi connectivity index (χ0n) is 11.7. The molecule has 1 N–H and O–H groups in total. The molecule has 0 bridgehead atoms. The highest BCUT2D eigenvalue weighted by atomic mass is 16.2. The normalized spacial score (nSPS) is 19.9. The van der Waals surface area contributed by atoms with Gasteiger partial charge in [-0.25, -0.2) is 0 Å². The first kappa shape index (κ1) is 13.7. The van der Waals surface area contributed by atoms with Crippen LogP contribution in [0.25, 0.3) is 0 Å². The van der Waals surface area contributed by atoms with Gasteiger partial charge >= 0.3 is 0 Å².